The molecule has 1 aromatic carbocycles. The Morgan fingerprint density at radius 2 is 2.11 bits per heavy atom. The molecule has 0 bridgehead atoms. The lowest BCUT2D eigenvalue weighted by Gasteiger charge is -2.29. The Hall–Kier alpha value is -1.09. The first-order chi connectivity index (χ1) is 8.61. The molecule has 2 rings (SSSR count). The Morgan fingerprint density at radius 3 is 2.67 bits per heavy atom. The maximum absolute atomic E-state index is 13.4. The molecule has 1 fully saturated rings. The normalized spacial score (nSPS) is 15.2. The fraction of sp³-hybridized carbons (Fsp3) is 0.600. The lowest BCUT2D eigenvalue weighted by Crippen LogP contribution is -2.31. The van der Waals surface area contributed by atoms with Crippen LogP contribution in [-0.4, -0.2) is 19.6 Å². The largest absolute Gasteiger partial charge is 0.368 e. The van der Waals surface area contributed by atoms with Gasteiger partial charge in [-0.15, -0.1) is 0 Å². The first-order valence-electron chi connectivity index (χ1n) is 6.81. The van der Waals surface area contributed by atoms with Gasteiger partial charge in [-0.3, -0.25) is 0 Å². The van der Waals surface area contributed by atoms with Crippen LogP contribution >= 0.6 is 0 Å². The number of rotatable bonds is 6. The van der Waals surface area contributed by atoms with Crippen molar-refractivity contribution in [3.8, 4) is 0 Å². The number of nitrogens with one attached hydrogen (secondary N) is 1. The molecule has 2 nitrogen and oxygen atoms in total. The van der Waals surface area contributed by atoms with Gasteiger partial charge in [0.1, 0.15) is 5.82 Å². The van der Waals surface area contributed by atoms with Gasteiger partial charge in [0.05, 0.1) is 0 Å². The highest BCUT2D eigenvalue weighted by Crippen LogP contribution is 2.34. The van der Waals surface area contributed by atoms with Crippen molar-refractivity contribution in [3.63, 3.8) is 0 Å². The van der Waals surface area contributed by atoms with Crippen LogP contribution in [0.2, 0.25) is 0 Å². The highest BCUT2D eigenvalue weighted by Gasteiger charge is 2.30. The number of anilines is 1. The van der Waals surface area contributed by atoms with Gasteiger partial charge >= 0.3 is 0 Å². The van der Waals surface area contributed by atoms with Crippen LogP contribution in [0.1, 0.15) is 32.3 Å². The van der Waals surface area contributed by atoms with Crippen molar-refractivity contribution in [2.45, 2.75) is 39.3 Å². The molecule has 0 aliphatic heterocycles. The number of hydrogen-bond acceptors (Lipinski definition) is 2. The first-order valence-corrected chi connectivity index (χ1v) is 6.81. The summed E-state index contributed by atoms with van der Waals surface area (Å²) in [6.45, 7) is 6.23. The second-order valence-corrected chi connectivity index (χ2v) is 5.58. The van der Waals surface area contributed by atoms with Crippen molar-refractivity contribution in [1.29, 1.82) is 0 Å². The molecule has 0 aromatic heterocycles. The molecule has 0 spiro atoms. The Morgan fingerprint density at radius 1 is 1.39 bits per heavy atom. The standard InChI is InChI=1S/C15H23FN2/c1-11(2)10-18(14-5-6-14)15-7-4-13(16)8-12(15)9-17-3/h4,7-8,11,14,17H,5-6,9-10H2,1-3H3. The second kappa shape index (κ2) is 5.70. The summed E-state index contributed by atoms with van der Waals surface area (Å²) >= 11 is 0. The molecule has 1 N–H and O–H groups in total. The number of hydrogen-bond donors (Lipinski definition) is 1. The van der Waals surface area contributed by atoms with Gasteiger partial charge in [0.2, 0.25) is 0 Å². The lowest BCUT2D eigenvalue weighted by molar-refractivity contribution is 0.599. The van der Waals surface area contributed by atoms with Gasteiger partial charge in [-0.1, -0.05) is 13.8 Å². The van der Waals surface area contributed by atoms with Crippen LogP contribution in [0.4, 0.5) is 10.1 Å². The van der Waals surface area contributed by atoms with Crippen molar-refractivity contribution in [3.05, 3.63) is 29.6 Å². The molecule has 18 heavy (non-hydrogen) atoms. The molecule has 0 saturated heterocycles. The van der Waals surface area contributed by atoms with E-state index in [1.807, 2.05) is 13.1 Å². The van der Waals surface area contributed by atoms with Gasteiger partial charge in [0.25, 0.3) is 0 Å². The molecule has 0 radical (unpaired) electrons. The molecule has 0 atom stereocenters. The van der Waals surface area contributed by atoms with Crippen molar-refractivity contribution in [2.75, 3.05) is 18.5 Å². The van der Waals surface area contributed by atoms with Gasteiger partial charge in [0, 0.05) is 24.8 Å². The molecule has 0 unspecified atom stereocenters. The number of benzene rings is 1. The Labute approximate surface area is 109 Å². The second-order valence-electron chi connectivity index (χ2n) is 5.58. The molecule has 0 heterocycles. The number of halogens is 1. The quantitative estimate of drug-likeness (QED) is 0.834. The summed E-state index contributed by atoms with van der Waals surface area (Å²) in [7, 11) is 1.90. The number of nitrogens with zero attached hydrogens (tertiary/aromatic N) is 1. The maximum Gasteiger partial charge on any atom is 0.123 e. The lowest BCUT2D eigenvalue weighted by atomic mass is 10.1. The summed E-state index contributed by atoms with van der Waals surface area (Å²) in [5.74, 6) is 0.474. The van der Waals surface area contributed by atoms with E-state index in [-0.39, 0.29) is 5.82 Å². The van der Waals surface area contributed by atoms with Crippen LogP contribution < -0.4 is 10.2 Å². The van der Waals surface area contributed by atoms with E-state index in [1.54, 1.807) is 12.1 Å². The highest BCUT2D eigenvalue weighted by atomic mass is 19.1. The summed E-state index contributed by atoms with van der Waals surface area (Å²) in [6.07, 6.45) is 2.53. The minimum Gasteiger partial charge on any atom is -0.368 e. The smallest absolute Gasteiger partial charge is 0.123 e. The van der Waals surface area contributed by atoms with E-state index in [4.69, 9.17) is 0 Å². The summed E-state index contributed by atoms with van der Waals surface area (Å²) in [5.41, 5.74) is 2.26. The monoisotopic (exact) mass is 250 g/mol. The van der Waals surface area contributed by atoms with Crippen LogP contribution in [0.3, 0.4) is 0 Å². The average molecular weight is 250 g/mol. The minimum absolute atomic E-state index is 0.149. The van der Waals surface area contributed by atoms with Gasteiger partial charge in [-0.25, -0.2) is 4.39 Å². The van der Waals surface area contributed by atoms with E-state index >= 15 is 0 Å². The third-order valence-electron chi connectivity index (χ3n) is 3.27. The average Bonchev–Trinajstić information content (AvgIpc) is 3.11. The van der Waals surface area contributed by atoms with Crippen LogP contribution in [0.15, 0.2) is 18.2 Å². The van der Waals surface area contributed by atoms with Crippen LogP contribution in [-0.2, 0) is 6.54 Å². The van der Waals surface area contributed by atoms with Crippen LogP contribution in [0.5, 0.6) is 0 Å². The highest BCUT2D eigenvalue weighted by molar-refractivity contribution is 5.55. The summed E-state index contributed by atoms with van der Waals surface area (Å²) in [4.78, 5) is 2.46. The zero-order chi connectivity index (χ0) is 13.1. The van der Waals surface area contributed by atoms with E-state index in [0.717, 1.165) is 12.1 Å². The van der Waals surface area contributed by atoms with Crippen molar-refractivity contribution < 1.29 is 4.39 Å². The SMILES string of the molecule is CNCc1cc(F)ccc1N(CC(C)C)C1CC1. The molecule has 0 amide bonds. The molecule has 1 aromatic rings. The van der Waals surface area contributed by atoms with Gasteiger partial charge in [0.15, 0.2) is 0 Å². The Bertz CT molecular complexity index is 399. The van der Waals surface area contributed by atoms with Crippen molar-refractivity contribution >= 4 is 5.69 Å². The Kier molecular flexibility index (Phi) is 4.23. The third-order valence-corrected chi connectivity index (χ3v) is 3.27. The van der Waals surface area contributed by atoms with E-state index < -0.39 is 0 Å². The predicted octanol–water partition coefficient (Wildman–Crippen LogP) is 3.17. The minimum atomic E-state index is -0.149. The zero-order valence-electron chi connectivity index (χ0n) is 11.5. The maximum atomic E-state index is 13.4. The summed E-state index contributed by atoms with van der Waals surface area (Å²) < 4.78 is 13.4. The van der Waals surface area contributed by atoms with E-state index in [0.29, 0.717) is 18.5 Å². The summed E-state index contributed by atoms with van der Waals surface area (Å²) in [5, 5.41) is 3.13. The van der Waals surface area contributed by atoms with Gasteiger partial charge < -0.3 is 10.2 Å². The molecule has 1 aliphatic carbocycles. The molecule has 1 aliphatic rings. The molecular formula is C15H23FN2. The van der Waals surface area contributed by atoms with Gasteiger partial charge in [-0.2, -0.15) is 0 Å². The van der Waals surface area contributed by atoms with E-state index in [2.05, 4.69) is 24.1 Å². The third kappa shape index (κ3) is 3.22. The van der Waals surface area contributed by atoms with Crippen LogP contribution in [0.25, 0.3) is 0 Å². The zero-order valence-corrected chi connectivity index (χ0v) is 11.5. The molecule has 1 saturated carbocycles. The van der Waals surface area contributed by atoms with E-state index in [1.165, 1.54) is 18.5 Å². The molecule has 3 heteroatoms. The fourth-order valence-electron chi connectivity index (χ4n) is 2.39. The molecular weight excluding hydrogens is 227 g/mol. The predicted molar refractivity (Wildman–Crippen MR) is 74.4 cm³/mol. The van der Waals surface area contributed by atoms with E-state index in [9.17, 15) is 4.39 Å². The van der Waals surface area contributed by atoms with Crippen molar-refractivity contribution in [2.24, 2.45) is 5.92 Å². The van der Waals surface area contributed by atoms with Crippen molar-refractivity contribution in [1.82, 2.24) is 5.32 Å². The summed E-state index contributed by atoms with van der Waals surface area (Å²) in [6, 6.07) is 5.82. The fourth-order valence-corrected chi connectivity index (χ4v) is 2.39. The first kappa shape index (κ1) is 13.3. The van der Waals surface area contributed by atoms with Crippen LogP contribution in [0, 0.1) is 11.7 Å². The Balaban J connectivity index is 2.27. The molecule has 100 valence electrons. The topological polar surface area (TPSA) is 15.3 Å². The van der Waals surface area contributed by atoms with Gasteiger partial charge in [-0.05, 0) is 49.6 Å².